The predicted molar refractivity (Wildman–Crippen MR) is 181 cm³/mol. The normalized spacial score (nSPS) is 30.3. The summed E-state index contributed by atoms with van der Waals surface area (Å²) in [6.45, 7) is 6.49. The molecule has 9 rings (SSSR count). The molecule has 2 N–H and O–H groups in total. The summed E-state index contributed by atoms with van der Waals surface area (Å²) >= 11 is 3.62. The lowest BCUT2D eigenvalue weighted by molar-refractivity contribution is 0.0796. The summed E-state index contributed by atoms with van der Waals surface area (Å²) in [4.78, 5) is 18.8. The van der Waals surface area contributed by atoms with Crippen LogP contribution in [0, 0.1) is 11.7 Å². The summed E-state index contributed by atoms with van der Waals surface area (Å²) in [7, 11) is 0. The van der Waals surface area contributed by atoms with Gasteiger partial charge in [-0.2, -0.15) is 9.97 Å². The van der Waals surface area contributed by atoms with Crippen LogP contribution in [-0.2, 0) is 0 Å². The highest BCUT2D eigenvalue weighted by Gasteiger charge is 2.58. The average Bonchev–Trinajstić information content (AvgIpc) is 3.67. The maximum Gasteiger partial charge on any atom is 0.319 e. The van der Waals surface area contributed by atoms with E-state index in [1.807, 2.05) is 18.2 Å². The fourth-order valence-electron chi connectivity index (χ4n) is 9.39. The molecule has 6 heterocycles. The number of alkyl halides is 1. The number of pyridine rings is 1. The molecule has 4 saturated heterocycles. The lowest BCUT2D eigenvalue weighted by Crippen LogP contribution is -2.51. The quantitative estimate of drug-likeness (QED) is 0.223. The Morgan fingerprint density at radius 1 is 1.11 bits per heavy atom. The fraction of sp³-hybridized carbons (Fsp3) is 0.472. The third kappa shape index (κ3) is 4.83. The van der Waals surface area contributed by atoms with Crippen molar-refractivity contribution in [2.75, 3.05) is 31.1 Å². The van der Waals surface area contributed by atoms with Crippen molar-refractivity contribution in [1.82, 2.24) is 25.2 Å². The van der Waals surface area contributed by atoms with E-state index >= 15 is 8.78 Å². The minimum absolute atomic E-state index is 0.0157. The lowest BCUT2D eigenvalue weighted by atomic mass is 9.78. The number of hydrogen-bond acceptors (Lipinski definition) is 8. The zero-order valence-corrected chi connectivity index (χ0v) is 27.6. The molecule has 8 nitrogen and oxygen atoms in total. The number of anilines is 1. The Balaban J connectivity index is 1.15. The van der Waals surface area contributed by atoms with Crippen molar-refractivity contribution in [3.8, 4) is 23.0 Å². The summed E-state index contributed by atoms with van der Waals surface area (Å²) in [6, 6.07) is 9.84. The second-order valence-corrected chi connectivity index (χ2v) is 15.1. The maximum absolute atomic E-state index is 16.9. The van der Waals surface area contributed by atoms with Gasteiger partial charge in [0.25, 0.3) is 0 Å². The topological polar surface area (TPSA) is 86.6 Å². The Hall–Kier alpha value is -3.41. The second-order valence-electron chi connectivity index (χ2n) is 14.3. The zero-order chi connectivity index (χ0) is 32.0. The van der Waals surface area contributed by atoms with E-state index in [1.54, 1.807) is 12.3 Å². The summed E-state index contributed by atoms with van der Waals surface area (Å²) in [5.41, 5.74) is 1.44. The van der Waals surface area contributed by atoms with Crippen LogP contribution in [0.1, 0.15) is 44.9 Å². The van der Waals surface area contributed by atoms with Crippen LogP contribution in [0.5, 0.6) is 11.8 Å². The average molecular weight is 704 g/mol. The zero-order valence-electron chi connectivity index (χ0n) is 26.1. The summed E-state index contributed by atoms with van der Waals surface area (Å²) in [6.07, 6.45) is 7.24. The third-order valence-electron chi connectivity index (χ3n) is 11.4. The SMILES string of the molecule is C=C1CCC[C@H]2[C@@H]1C[C@@]1(COc3nc(N4CC5CCC(C4)N5)c4cnc(-c5cc(O)cc6cccc(Br)c56)c(F)c4n3)C[C@@H](F)CN21. The summed E-state index contributed by atoms with van der Waals surface area (Å²) < 4.78 is 39.2. The number of fused-ring (bicyclic) bond motifs is 7. The van der Waals surface area contributed by atoms with Crippen LogP contribution in [0.25, 0.3) is 32.9 Å². The third-order valence-corrected chi connectivity index (χ3v) is 12.0. The molecular weight excluding hydrogens is 666 g/mol. The van der Waals surface area contributed by atoms with Gasteiger partial charge in [-0.15, -0.1) is 0 Å². The van der Waals surface area contributed by atoms with Gasteiger partial charge in [0.05, 0.1) is 10.9 Å². The summed E-state index contributed by atoms with van der Waals surface area (Å²) in [5.74, 6) is 0.346. The molecule has 4 aliphatic heterocycles. The van der Waals surface area contributed by atoms with Crippen molar-refractivity contribution < 1.29 is 18.6 Å². The van der Waals surface area contributed by atoms with Crippen molar-refractivity contribution in [2.24, 2.45) is 5.92 Å². The van der Waals surface area contributed by atoms with Crippen LogP contribution in [0.4, 0.5) is 14.6 Å². The number of piperazine rings is 1. The molecule has 2 aromatic carbocycles. The van der Waals surface area contributed by atoms with Gasteiger partial charge in [-0.1, -0.05) is 40.2 Å². The molecule has 244 valence electrons. The number of phenolic OH excluding ortho intramolecular Hbond substituents is 1. The molecule has 47 heavy (non-hydrogen) atoms. The Morgan fingerprint density at radius 2 is 1.94 bits per heavy atom. The second kappa shape index (κ2) is 11.1. The molecule has 0 amide bonds. The number of rotatable bonds is 5. The van der Waals surface area contributed by atoms with Crippen molar-refractivity contribution in [3.63, 3.8) is 0 Å². The Labute approximate surface area is 280 Å². The Kier molecular flexibility index (Phi) is 6.99. The van der Waals surface area contributed by atoms with Crippen LogP contribution < -0.4 is 15.0 Å². The van der Waals surface area contributed by atoms with Gasteiger partial charge in [0, 0.05) is 65.8 Å². The molecule has 11 heteroatoms. The minimum Gasteiger partial charge on any atom is -0.508 e. The summed E-state index contributed by atoms with van der Waals surface area (Å²) in [5, 5.41) is 16.2. The minimum atomic E-state index is -0.915. The highest BCUT2D eigenvalue weighted by atomic mass is 79.9. The molecule has 0 radical (unpaired) electrons. The van der Waals surface area contributed by atoms with E-state index < -0.39 is 17.5 Å². The van der Waals surface area contributed by atoms with Crippen LogP contribution in [0.3, 0.4) is 0 Å². The van der Waals surface area contributed by atoms with Crippen LogP contribution in [0.15, 0.2) is 53.2 Å². The van der Waals surface area contributed by atoms with Gasteiger partial charge >= 0.3 is 6.01 Å². The molecule has 4 aromatic rings. The van der Waals surface area contributed by atoms with Gasteiger partial charge in [-0.05, 0) is 68.0 Å². The predicted octanol–water partition coefficient (Wildman–Crippen LogP) is 6.68. The standard InChI is InChI=1S/C36H37BrF2N6O2/c1-19-4-2-7-29-26(19)13-36(12-21(38)15-45(29)36)18-47-35-42-33-27(34(43-35)44-16-22-8-9-23(17-44)41-22)14-40-32(31(33)39)25-11-24(46)10-20-5-3-6-28(37)30(20)25/h3,5-6,10-11,14,21-23,26,29,41,46H,1-2,4,7-9,12-13,15-18H2/t21-,22?,23?,26-,29+,36-/m1/s1. The molecule has 5 fully saturated rings. The molecule has 1 aliphatic carbocycles. The van der Waals surface area contributed by atoms with Crippen molar-refractivity contribution >= 4 is 43.4 Å². The van der Waals surface area contributed by atoms with Crippen LogP contribution in [0.2, 0.25) is 0 Å². The molecule has 6 atom stereocenters. The number of ether oxygens (including phenoxy) is 1. The maximum atomic E-state index is 16.9. The number of halogens is 3. The van der Waals surface area contributed by atoms with E-state index in [0.29, 0.717) is 47.7 Å². The molecule has 5 aliphatic rings. The lowest BCUT2D eigenvalue weighted by Gasteiger charge is -2.36. The van der Waals surface area contributed by atoms with E-state index in [0.717, 1.165) is 66.9 Å². The van der Waals surface area contributed by atoms with E-state index in [4.69, 9.17) is 14.7 Å². The van der Waals surface area contributed by atoms with Gasteiger partial charge in [0.2, 0.25) is 0 Å². The number of aromatic nitrogens is 3. The number of nitrogens with one attached hydrogen (secondary N) is 1. The number of nitrogens with zero attached hydrogens (tertiary/aromatic N) is 5. The van der Waals surface area contributed by atoms with Gasteiger partial charge in [-0.3, -0.25) is 9.88 Å². The van der Waals surface area contributed by atoms with Gasteiger partial charge in [0.15, 0.2) is 5.82 Å². The molecule has 0 spiro atoms. The highest BCUT2D eigenvalue weighted by Crippen LogP contribution is 2.52. The smallest absolute Gasteiger partial charge is 0.319 e. The number of aromatic hydroxyl groups is 1. The van der Waals surface area contributed by atoms with E-state index in [-0.39, 0.29) is 35.6 Å². The first-order valence-electron chi connectivity index (χ1n) is 16.8. The first kappa shape index (κ1) is 29.7. The molecular formula is C36H37BrF2N6O2. The molecule has 2 bridgehead atoms. The number of benzene rings is 2. The Bertz CT molecular complexity index is 1930. The van der Waals surface area contributed by atoms with Gasteiger partial charge in [0.1, 0.15) is 35.6 Å². The monoisotopic (exact) mass is 702 g/mol. The van der Waals surface area contributed by atoms with E-state index in [9.17, 15) is 5.11 Å². The number of phenols is 1. The van der Waals surface area contributed by atoms with Crippen molar-refractivity contribution in [2.45, 2.75) is 74.8 Å². The van der Waals surface area contributed by atoms with Crippen LogP contribution in [-0.4, -0.2) is 81.0 Å². The molecule has 2 unspecified atom stereocenters. The first-order chi connectivity index (χ1) is 22.8. The van der Waals surface area contributed by atoms with Crippen LogP contribution >= 0.6 is 15.9 Å². The van der Waals surface area contributed by atoms with Crippen molar-refractivity contribution in [1.29, 1.82) is 0 Å². The first-order valence-corrected chi connectivity index (χ1v) is 17.6. The van der Waals surface area contributed by atoms with Gasteiger partial charge < -0.3 is 20.1 Å². The fourth-order valence-corrected chi connectivity index (χ4v) is 9.98. The molecule has 2 aromatic heterocycles. The molecule has 1 saturated carbocycles. The van der Waals surface area contributed by atoms with Gasteiger partial charge in [-0.25, -0.2) is 8.78 Å². The highest BCUT2D eigenvalue weighted by molar-refractivity contribution is 9.10. The Morgan fingerprint density at radius 3 is 2.77 bits per heavy atom. The van der Waals surface area contributed by atoms with Crippen molar-refractivity contribution in [3.05, 3.63) is 59.0 Å². The van der Waals surface area contributed by atoms with E-state index in [1.165, 1.54) is 11.6 Å². The number of hydrogen-bond donors (Lipinski definition) is 2. The van der Waals surface area contributed by atoms with E-state index in [2.05, 4.69) is 42.6 Å². The largest absolute Gasteiger partial charge is 0.508 e.